The molecular formula is C25H21F3N4O3. The van der Waals surface area contributed by atoms with Crippen LogP contribution >= 0.6 is 0 Å². The highest BCUT2D eigenvalue weighted by Gasteiger charge is 2.31. The molecule has 0 saturated heterocycles. The van der Waals surface area contributed by atoms with Gasteiger partial charge in [-0.3, -0.25) is 4.79 Å². The molecule has 1 aromatic heterocycles. The number of nitrogens with one attached hydrogen (secondary N) is 1. The zero-order valence-electron chi connectivity index (χ0n) is 18.8. The summed E-state index contributed by atoms with van der Waals surface area (Å²) in [6.45, 7) is 2.05. The SMILES string of the molecule is CCOc1nc(-c2cccc(C(F)(F)F)c2)n(-c2ccc(NC(=O)c3ccc(OC)cc3)cc2)n1. The molecule has 0 aliphatic rings. The van der Waals surface area contributed by atoms with Crippen LogP contribution < -0.4 is 14.8 Å². The summed E-state index contributed by atoms with van der Waals surface area (Å²) < 4.78 is 51.6. The molecule has 0 saturated carbocycles. The second kappa shape index (κ2) is 9.88. The van der Waals surface area contributed by atoms with Crippen molar-refractivity contribution in [1.29, 1.82) is 0 Å². The summed E-state index contributed by atoms with van der Waals surface area (Å²) in [7, 11) is 1.54. The van der Waals surface area contributed by atoms with Crippen LogP contribution in [0.1, 0.15) is 22.8 Å². The van der Waals surface area contributed by atoms with E-state index in [2.05, 4.69) is 15.4 Å². The first-order chi connectivity index (χ1) is 16.8. The van der Waals surface area contributed by atoms with E-state index in [-0.39, 0.29) is 23.3 Å². The van der Waals surface area contributed by atoms with Gasteiger partial charge < -0.3 is 14.8 Å². The molecule has 0 spiro atoms. The molecule has 0 unspecified atom stereocenters. The summed E-state index contributed by atoms with van der Waals surface area (Å²) in [5.41, 5.74) is 0.951. The number of methoxy groups -OCH3 is 1. The number of ether oxygens (including phenoxy) is 2. The minimum atomic E-state index is -4.49. The third kappa shape index (κ3) is 5.43. The standard InChI is InChI=1S/C25H21F3N4O3/c1-3-35-24-30-22(17-5-4-6-18(15-17)25(26,27)28)32(31-24)20-11-9-19(10-12-20)29-23(33)16-7-13-21(34-2)14-8-16/h4-15H,3H2,1-2H3,(H,29,33). The smallest absolute Gasteiger partial charge is 0.416 e. The lowest BCUT2D eigenvalue weighted by atomic mass is 10.1. The highest BCUT2D eigenvalue weighted by Crippen LogP contribution is 2.33. The maximum Gasteiger partial charge on any atom is 0.416 e. The van der Waals surface area contributed by atoms with Gasteiger partial charge in [-0.25, -0.2) is 4.68 Å². The Morgan fingerprint density at radius 2 is 1.74 bits per heavy atom. The third-order valence-electron chi connectivity index (χ3n) is 5.03. The number of nitrogens with zero attached hydrogens (tertiary/aromatic N) is 3. The highest BCUT2D eigenvalue weighted by molar-refractivity contribution is 6.04. The quantitative estimate of drug-likeness (QED) is 0.370. The molecule has 3 aromatic carbocycles. The molecule has 0 aliphatic carbocycles. The highest BCUT2D eigenvalue weighted by atomic mass is 19.4. The zero-order valence-corrected chi connectivity index (χ0v) is 18.8. The first-order valence-electron chi connectivity index (χ1n) is 10.6. The molecule has 1 amide bonds. The Morgan fingerprint density at radius 3 is 2.37 bits per heavy atom. The Bertz CT molecular complexity index is 1320. The van der Waals surface area contributed by atoms with Gasteiger partial charge in [-0.15, -0.1) is 5.10 Å². The van der Waals surface area contributed by atoms with Gasteiger partial charge in [0, 0.05) is 16.8 Å². The molecule has 0 fully saturated rings. The number of halogens is 3. The molecule has 1 N–H and O–H groups in total. The van der Waals surface area contributed by atoms with Crippen molar-refractivity contribution < 1.29 is 27.4 Å². The normalized spacial score (nSPS) is 11.2. The number of amides is 1. The summed E-state index contributed by atoms with van der Waals surface area (Å²) >= 11 is 0. The Balaban J connectivity index is 1.62. The molecule has 1 heterocycles. The molecule has 0 bridgehead atoms. The van der Waals surface area contributed by atoms with E-state index in [0.717, 1.165) is 12.1 Å². The van der Waals surface area contributed by atoms with Gasteiger partial charge in [0.25, 0.3) is 5.91 Å². The summed E-state index contributed by atoms with van der Waals surface area (Å²) in [6, 6.07) is 18.2. The number of aromatic nitrogens is 3. The first kappa shape index (κ1) is 23.8. The Hall–Kier alpha value is -4.34. The predicted molar refractivity (Wildman–Crippen MR) is 124 cm³/mol. The second-order valence-corrected chi connectivity index (χ2v) is 7.37. The lowest BCUT2D eigenvalue weighted by Crippen LogP contribution is -2.11. The number of alkyl halides is 3. The maximum absolute atomic E-state index is 13.2. The van der Waals surface area contributed by atoms with Crippen LogP contribution in [0.25, 0.3) is 17.1 Å². The van der Waals surface area contributed by atoms with Crippen LogP contribution in [0.4, 0.5) is 18.9 Å². The predicted octanol–water partition coefficient (Wildman–Crippen LogP) is 5.61. The minimum Gasteiger partial charge on any atom is -0.497 e. The van der Waals surface area contributed by atoms with Crippen molar-refractivity contribution in [3.05, 3.63) is 83.9 Å². The number of hydrogen-bond acceptors (Lipinski definition) is 5. The molecule has 7 nitrogen and oxygen atoms in total. The van der Waals surface area contributed by atoms with Crippen LogP contribution in [0.3, 0.4) is 0 Å². The van der Waals surface area contributed by atoms with Crippen LogP contribution in [0.15, 0.2) is 72.8 Å². The molecule has 180 valence electrons. The average molecular weight is 482 g/mol. The average Bonchev–Trinajstić information content (AvgIpc) is 3.28. The third-order valence-corrected chi connectivity index (χ3v) is 5.03. The fourth-order valence-electron chi connectivity index (χ4n) is 3.32. The van der Waals surface area contributed by atoms with Gasteiger partial charge in [-0.2, -0.15) is 18.2 Å². The fourth-order valence-corrected chi connectivity index (χ4v) is 3.32. The first-order valence-corrected chi connectivity index (χ1v) is 10.6. The van der Waals surface area contributed by atoms with Gasteiger partial charge >= 0.3 is 12.2 Å². The molecule has 10 heteroatoms. The molecule has 0 aliphatic heterocycles. The van der Waals surface area contributed by atoms with Crippen molar-refractivity contribution in [3.63, 3.8) is 0 Å². The molecule has 4 rings (SSSR count). The van der Waals surface area contributed by atoms with E-state index in [9.17, 15) is 18.0 Å². The number of anilines is 1. The van der Waals surface area contributed by atoms with Crippen LogP contribution in [0, 0.1) is 0 Å². The lowest BCUT2D eigenvalue weighted by Gasteiger charge is -2.10. The molecule has 35 heavy (non-hydrogen) atoms. The van der Waals surface area contributed by atoms with E-state index in [0.29, 0.717) is 29.3 Å². The van der Waals surface area contributed by atoms with Crippen molar-refractivity contribution in [2.45, 2.75) is 13.1 Å². The van der Waals surface area contributed by atoms with Crippen molar-refractivity contribution in [2.24, 2.45) is 0 Å². The van der Waals surface area contributed by atoms with Gasteiger partial charge in [0.2, 0.25) is 0 Å². The van der Waals surface area contributed by atoms with Gasteiger partial charge in [-0.05, 0) is 67.6 Å². The topological polar surface area (TPSA) is 78.3 Å². The van der Waals surface area contributed by atoms with Crippen LogP contribution in [0.2, 0.25) is 0 Å². The Morgan fingerprint density at radius 1 is 1.03 bits per heavy atom. The van der Waals surface area contributed by atoms with Crippen LogP contribution in [-0.4, -0.2) is 34.4 Å². The fraction of sp³-hybridized carbons (Fsp3) is 0.160. The van der Waals surface area contributed by atoms with E-state index in [1.165, 1.54) is 16.8 Å². The van der Waals surface area contributed by atoms with Gasteiger partial charge in [-0.1, -0.05) is 12.1 Å². The van der Waals surface area contributed by atoms with E-state index in [1.54, 1.807) is 62.6 Å². The number of rotatable bonds is 7. The Labute approximate surface area is 199 Å². The number of hydrogen-bond donors (Lipinski definition) is 1. The maximum atomic E-state index is 13.2. The number of carbonyl (C=O) groups is 1. The van der Waals surface area contributed by atoms with E-state index < -0.39 is 11.7 Å². The lowest BCUT2D eigenvalue weighted by molar-refractivity contribution is -0.137. The van der Waals surface area contributed by atoms with Gasteiger partial charge in [0.1, 0.15) is 5.75 Å². The Kier molecular flexibility index (Phi) is 6.72. The van der Waals surface area contributed by atoms with Crippen molar-refractivity contribution >= 4 is 11.6 Å². The van der Waals surface area contributed by atoms with E-state index in [1.807, 2.05) is 0 Å². The van der Waals surface area contributed by atoms with Crippen LogP contribution in [0.5, 0.6) is 11.8 Å². The van der Waals surface area contributed by atoms with Crippen molar-refractivity contribution in [2.75, 3.05) is 19.0 Å². The second-order valence-electron chi connectivity index (χ2n) is 7.37. The summed E-state index contributed by atoms with van der Waals surface area (Å²) in [5.74, 6) is 0.528. The monoisotopic (exact) mass is 482 g/mol. The van der Waals surface area contributed by atoms with E-state index in [4.69, 9.17) is 9.47 Å². The minimum absolute atomic E-state index is 0.0387. The van der Waals surface area contributed by atoms with Crippen molar-refractivity contribution in [3.8, 4) is 28.8 Å². The molecule has 0 radical (unpaired) electrons. The summed E-state index contributed by atoms with van der Waals surface area (Å²) in [5, 5.41) is 7.09. The summed E-state index contributed by atoms with van der Waals surface area (Å²) in [6.07, 6.45) is -4.49. The zero-order chi connectivity index (χ0) is 25.0. The van der Waals surface area contributed by atoms with Gasteiger partial charge in [0.05, 0.1) is 25.0 Å². The number of carbonyl (C=O) groups excluding carboxylic acids is 1. The number of benzene rings is 3. The van der Waals surface area contributed by atoms with Gasteiger partial charge in [0.15, 0.2) is 5.82 Å². The molecule has 0 atom stereocenters. The van der Waals surface area contributed by atoms with Crippen molar-refractivity contribution in [1.82, 2.24) is 14.8 Å². The summed E-state index contributed by atoms with van der Waals surface area (Å²) in [4.78, 5) is 16.8. The molecule has 4 aromatic rings. The largest absolute Gasteiger partial charge is 0.497 e. The van der Waals surface area contributed by atoms with E-state index >= 15 is 0 Å². The van der Waals surface area contributed by atoms with Crippen LogP contribution in [-0.2, 0) is 6.18 Å². The molecular weight excluding hydrogens is 461 g/mol.